The molecular weight excluding hydrogens is 402 g/mol. The first-order valence-electron chi connectivity index (χ1n) is 8.97. The number of amides is 1. The van der Waals surface area contributed by atoms with E-state index >= 15 is 0 Å². The van der Waals surface area contributed by atoms with Gasteiger partial charge in [0.2, 0.25) is 5.88 Å². The number of halogens is 1. The van der Waals surface area contributed by atoms with E-state index in [0.717, 1.165) is 18.9 Å². The van der Waals surface area contributed by atoms with Crippen molar-refractivity contribution in [1.82, 2.24) is 15.3 Å². The van der Waals surface area contributed by atoms with E-state index in [-0.39, 0.29) is 29.4 Å². The number of carbonyl (C=O) groups is 1. The fourth-order valence-electron chi connectivity index (χ4n) is 2.82. The van der Waals surface area contributed by atoms with Crippen molar-refractivity contribution < 1.29 is 19.2 Å². The highest BCUT2D eigenvalue weighted by atomic mass is 35.5. The first-order chi connectivity index (χ1) is 13.9. The third-order valence-corrected chi connectivity index (χ3v) is 4.41. The molecule has 0 spiro atoms. The normalized spacial score (nSPS) is 13.8. The van der Waals surface area contributed by atoms with Gasteiger partial charge in [-0.15, -0.1) is 0 Å². The molecule has 0 atom stereocenters. The smallest absolute Gasteiger partial charge is 0.282 e. The minimum Gasteiger partial charge on any atom is -0.476 e. The average molecular weight is 422 g/mol. The molecule has 3 rings (SSSR count). The summed E-state index contributed by atoms with van der Waals surface area (Å²) in [5.74, 6) is 1.12. The molecule has 11 heteroatoms. The van der Waals surface area contributed by atoms with Crippen molar-refractivity contribution in [3.05, 3.63) is 50.8 Å². The number of morpholine rings is 1. The van der Waals surface area contributed by atoms with Gasteiger partial charge in [-0.2, -0.15) is 4.98 Å². The van der Waals surface area contributed by atoms with Crippen LogP contribution < -0.4 is 15.0 Å². The molecule has 29 heavy (non-hydrogen) atoms. The van der Waals surface area contributed by atoms with Gasteiger partial charge < -0.3 is 19.7 Å². The lowest BCUT2D eigenvalue weighted by Crippen LogP contribution is -2.37. The van der Waals surface area contributed by atoms with Gasteiger partial charge in [0, 0.05) is 30.2 Å². The molecule has 0 unspecified atom stereocenters. The van der Waals surface area contributed by atoms with Crippen LogP contribution in [-0.2, 0) is 4.74 Å². The quantitative estimate of drug-likeness (QED) is 0.409. The number of aromatic nitrogens is 2. The zero-order valence-electron chi connectivity index (χ0n) is 15.8. The van der Waals surface area contributed by atoms with Crippen LogP contribution in [0.15, 0.2) is 24.3 Å². The Morgan fingerprint density at radius 2 is 2.10 bits per heavy atom. The van der Waals surface area contributed by atoms with Gasteiger partial charge in [-0.25, -0.2) is 4.98 Å². The van der Waals surface area contributed by atoms with Crippen molar-refractivity contribution in [3.8, 4) is 5.88 Å². The Hall–Kier alpha value is -2.98. The van der Waals surface area contributed by atoms with Crippen LogP contribution in [0, 0.1) is 17.0 Å². The zero-order chi connectivity index (χ0) is 20.8. The molecule has 1 fully saturated rings. The number of nitrogens with zero attached hydrogens (tertiary/aromatic N) is 4. The van der Waals surface area contributed by atoms with Crippen LogP contribution in [0.2, 0.25) is 5.02 Å². The molecule has 10 nitrogen and oxygen atoms in total. The number of nitrogens with one attached hydrogen (secondary N) is 1. The van der Waals surface area contributed by atoms with Crippen LogP contribution in [0.5, 0.6) is 5.88 Å². The van der Waals surface area contributed by atoms with Crippen molar-refractivity contribution in [2.75, 3.05) is 44.4 Å². The SMILES string of the molecule is Cc1nc(OCCNC(=O)c2cc(Cl)ccc2[N+](=O)[O-])cc(N2CCOCC2)n1. The Morgan fingerprint density at radius 1 is 1.34 bits per heavy atom. The predicted octanol–water partition coefficient (Wildman–Crippen LogP) is 1.99. The summed E-state index contributed by atoms with van der Waals surface area (Å²) in [5.41, 5.74) is -0.413. The molecule has 1 aromatic heterocycles. The summed E-state index contributed by atoms with van der Waals surface area (Å²) in [6, 6.07) is 5.56. The number of ether oxygens (including phenoxy) is 2. The zero-order valence-corrected chi connectivity index (χ0v) is 16.5. The van der Waals surface area contributed by atoms with Crippen LogP contribution in [0.25, 0.3) is 0 Å². The topological polar surface area (TPSA) is 120 Å². The van der Waals surface area contributed by atoms with Crippen molar-refractivity contribution in [2.45, 2.75) is 6.92 Å². The predicted molar refractivity (Wildman–Crippen MR) is 106 cm³/mol. The number of anilines is 1. The summed E-state index contributed by atoms with van der Waals surface area (Å²) in [6.45, 7) is 4.81. The number of nitro benzene ring substituents is 1. The minimum absolute atomic E-state index is 0.102. The molecule has 1 aliphatic rings. The van der Waals surface area contributed by atoms with Crippen LogP contribution >= 0.6 is 11.6 Å². The Balaban J connectivity index is 1.57. The molecule has 0 saturated carbocycles. The molecule has 1 aromatic carbocycles. The second kappa shape index (κ2) is 9.48. The second-order valence-corrected chi connectivity index (χ2v) is 6.67. The van der Waals surface area contributed by atoms with E-state index in [1.807, 2.05) is 0 Å². The molecule has 2 aromatic rings. The van der Waals surface area contributed by atoms with Gasteiger partial charge in [-0.3, -0.25) is 14.9 Å². The van der Waals surface area contributed by atoms with Crippen LogP contribution in [0.4, 0.5) is 11.5 Å². The first-order valence-corrected chi connectivity index (χ1v) is 9.35. The summed E-state index contributed by atoms with van der Waals surface area (Å²) < 4.78 is 11.0. The summed E-state index contributed by atoms with van der Waals surface area (Å²) in [5, 5.41) is 13.9. The number of nitro groups is 1. The summed E-state index contributed by atoms with van der Waals surface area (Å²) >= 11 is 5.85. The number of aryl methyl sites for hydroxylation is 1. The largest absolute Gasteiger partial charge is 0.476 e. The lowest BCUT2D eigenvalue weighted by atomic mass is 10.1. The van der Waals surface area contributed by atoms with Crippen LogP contribution in [-0.4, -0.2) is 60.3 Å². The summed E-state index contributed by atoms with van der Waals surface area (Å²) in [6.07, 6.45) is 0. The summed E-state index contributed by atoms with van der Waals surface area (Å²) in [4.78, 5) is 33.5. The third kappa shape index (κ3) is 5.52. The molecule has 1 N–H and O–H groups in total. The number of hydrogen-bond acceptors (Lipinski definition) is 8. The number of carbonyl (C=O) groups excluding carboxylic acids is 1. The highest BCUT2D eigenvalue weighted by Gasteiger charge is 2.20. The highest BCUT2D eigenvalue weighted by molar-refractivity contribution is 6.31. The van der Waals surface area contributed by atoms with Crippen molar-refractivity contribution in [1.29, 1.82) is 0 Å². The molecule has 2 heterocycles. The third-order valence-electron chi connectivity index (χ3n) is 4.17. The average Bonchev–Trinajstić information content (AvgIpc) is 2.71. The molecule has 1 saturated heterocycles. The van der Waals surface area contributed by atoms with Crippen molar-refractivity contribution in [3.63, 3.8) is 0 Å². The fraction of sp³-hybridized carbons (Fsp3) is 0.389. The van der Waals surface area contributed by atoms with E-state index in [2.05, 4.69) is 20.2 Å². The number of benzene rings is 1. The fourth-order valence-corrected chi connectivity index (χ4v) is 2.99. The van der Waals surface area contributed by atoms with E-state index < -0.39 is 10.8 Å². The molecule has 0 bridgehead atoms. The maximum absolute atomic E-state index is 12.3. The molecule has 0 aliphatic carbocycles. The molecule has 1 amide bonds. The van der Waals surface area contributed by atoms with Gasteiger partial charge in [0.15, 0.2) is 0 Å². The van der Waals surface area contributed by atoms with Crippen LogP contribution in [0.1, 0.15) is 16.2 Å². The van der Waals surface area contributed by atoms with E-state index in [9.17, 15) is 14.9 Å². The first kappa shape index (κ1) is 20.7. The van der Waals surface area contributed by atoms with Gasteiger partial charge in [-0.1, -0.05) is 11.6 Å². The van der Waals surface area contributed by atoms with E-state index in [0.29, 0.717) is 24.9 Å². The maximum Gasteiger partial charge on any atom is 0.282 e. The van der Waals surface area contributed by atoms with Gasteiger partial charge in [0.25, 0.3) is 11.6 Å². The van der Waals surface area contributed by atoms with Gasteiger partial charge in [0.1, 0.15) is 23.8 Å². The van der Waals surface area contributed by atoms with Crippen molar-refractivity contribution >= 4 is 29.0 Å². The Labute approximate surface area is 171 Å². The van der Waals surface area contributed by atoms with Crippen molar-refractivity contribution in [2.24, 2.45) is 0 Å². The number of hydrogen-bond donors (Lipinski definition) is 1. The van der Waals surface area contributed by atoms with Gasteiger partial charge >= 0.3 is 0 Å². The molecule has 1 aliphatic heterocycles. The van der Waals surface area contributed by atoms with E-state index in [1.165, 1.54) is 18.2 Å². The lowest BCUT2D eigenvalue weighted by Gasteiger charge is -2.28. The lowest BCUT2D eigenvalue weighted by molar-refractivity contribution is -0.385. The highest BCUT2D eigenvalue weighted by Crippen LogP contribution is 2.22. The van der Waals surface area contributed by atoms with Crippen LogP contribution in [0.3, 0.4) is 0 Å². The minimum atomic E-state index is -0.626. The summed E-state index contributed by atoms with van der Waals surface area (Å²) in [7, 11) is 0. The maximum atomic E-state index is 12.3. The number of rotatable bonds is 7. The van der Waals surface area contributed by atoms with Gasteiger partial charge in [-0.05, 0) is 19.1 Å². The Kier molecular flexibility index (Phi) is 6.78. The standard InChI is InChI=1S/C18H20ClN5O5/c1-12-21-16(23-5-8-28-9-6-23)11-17(22-12)29-7-4-20-18(25)14-10-13(19)2-3-15(14)24(26)27/h2-3,10-11H,4-9H2,1H3,(H,20,25). The Morgan fingerprint density at radius 3 is 2.83 bits per heavy atom. The molecule has 0 radical (unpaired) electrons. The monoisotopic (exact) mass is 421 g/mol. The Bertz CT molecular complexity index is 904. The van der Waals surface area contributed by atoms with E-state index in [1.54, 1.807) is 13.0 Å². The molecule has 154 valence electrons. The van der Waals surface area contributed by atoms with Gasteiger partial charge in [0.05, 0.1) is 24.7 Å². The van der Waals surface area contributed by atoms with E-state index in [4.69, 9.17) is 21.1 Å². The second-order valence-electron chi connectivity index (χ2n) is 6.23. The molecular formula is C18H20ClN5O5.